The van der Waals surface area contributed by atoms with Gasteiger partial charge in [0, 0.05) is 0 Å². The van der Waals surface area contributed by atoms with E-state index in [0.717, 1.165) is 21.6 Å². The molecule has 0 heterocycles. The molecule has 0 saturated carbocycles. The Hall–Kier alpha value is -2.35. The molecule has 0 unspecified atom stereocenters. The van der Waals surface area contributed by atoms with Crippen molar-refractivity contribution in [2.24, 2.45) is 0 Å². The van der Waals surface area contributed by atoms with Crippen LogP contribution in [0, 0.1) is 5.41 Å². The van der Waals surface area contributed by atoms with Crippen LogP contribution in [0.15, 0.2) is 84.9 Å². The Kier molecular flexibility index (Phi) is 5.61. The minimum atomic E-state index is -2.64. The van der Waals surface area contributed by atoms with Crippen LogP contribution in [0.3, 0.4) is 0 Å². The molecule has 3 rings (SSSR count). The molecule has 0 aliphatic carbocycles. The minimum absolute atomic E-state index is 0.336. The van der Waals surface area contributed by atoms with Crippen molar-refractivity contribution in [3.05, 3.63) is 84.9 Å². The Morgan fingerprint density at radius 1 is 0.808 bits per heavy atom. The molecule has 0 amide bonds. The summed E-state index contributed by atoms with van der Waals surface area (Å²) < 4.78 is 0. The Balaban J connectivity index is 2.11. The first-order valence-electron chi connectivity index (χ1n) is 8.45. The zero-order valence-electron chi connectivity index (χ0n) is 14.9. The van der Waals surface area contributed by atoms with Gasteiger partial charge in [0.1, 0.15) is 0 Å². The summed E-state index contributed by atoms with van der Waals surface area (Å²) in [5.74, 6) is 0.336. The number of rotatable bonds is 4. The van der Waals surface area contributed by atoms with Crippen LogP contribution in [-0.2, 0) is 0 Å². The van der Waals surface area contributed by atoms with Crippen LogP contribution in [-0.4, -0.2) is 25.0 Å². The molecule has 26 heavy (non-hydrogen) atoms. The number of guanidine groups is 1. The normalized spacial score (nSPS) is 11.7. The van der Waals surface area contributed by atoms with Gasteiger partial charge in [-0.05, 0) is 0 Å². The summed E-state index contributed by atoms with van der Waals surface area (Å²) >= 11 is 7.43. The summed E-state index contributed by atoms with van der Waals surface area (Å²) in [5, 5.41) is 14.5. The van der Waals surface area contributed by atoms with E-state index in [1.165, 1.54) is 0 Å². The van der Waals surface area contributed by atoms with Gasteiger partial charge in [-0.1, -0.05) is 0 Å². The van der Waals surface area contributed by atoms with Gasteiger partial charge in [-0.15, -0.1) is 0 Å². The van der Waals surface area contributed by atoms with E-state index in [-0.39, 0.29) is 0 Å². The third kappa shape index (κ3) is 3.75. The van der Waals surface area contributed by atoms with Crippen LogP contribution in [0.25, 0.3) is 0 Å². The van der Waals surface area contributed by atoms with Gasteiger partial charge in [0.25, 0.3) is 0 Å². The van der Waals surface area contributed by atoms with Crippen molar-refractivity contribution in [3.8, 4) is 0 Å². The first-order valence-corrected chi connectivity index (χ1v) is 11.5. The van der Waals surface area contributed by atoms with Crippen LogP contribution in [0.5, 0.6) is 0 Å². The van der Waals surface area contributed by atoms with Crippen molar-refractivity contribution in [3.63, 3.8) is 0 Å². The second kappa shape index (κ2) is 7.90. The Bertz CT molecular complexity index is 843. The number of anilines is 1. The zero-order chi connectivity index (χ0) is 18.6. The van der Waals surface area contributed by atoms with Crippen molar-refractivity contribution in [2.45, 2.75) is 0 Å². The fourth-order valence-electron chi connectivity index (χ4n) is 2.90. The third-order valence-corrected chi connectivity index (χ3v) is 9.64. The van der Waals surface area contributed by atoms with E-state index in [2.05, 4.69) is 41.7 Å². The van der Waals surface area contributed by atoms with Crippen molar-refractivity contribution in [2.75, 3.05) is 19.4 Å². The maximum absolute atomic E-state index is 8.03. The molecule has 0 aliphatic rings. The van der Waals surface area contributed by atoms with E-state index >= 15 is 0 Å². The molecule has 2 N–H and O–H groups in total. The molecule has 5 heteroatoms. The first-order chi connectivity index (χ1) is 12.5. The summed E-state index contributed by atoms with van der Waals surface area (Å²) in [5.41, 5.74) is 0.866. The summed E-state index contributed by atoms with van der Waals surface area (Å²) in [6, 6.07) is 28.7. The standard InChI is InChI=1S/C21H23ClN3P/c1-25(2)21(23)24-17-10-9-15-20(16-17)26(22,18-11-5-3-6-12-18)19-13-7-4-8-14-19/h3-16,26H,1-2H3,(H2,23,24). The molecule has 134 valence electrons. The fourth-order valence-corrected chi connectivity index (χ4v) is 6.99. The number of nitrogens with zero attached hydrogens (tertiary/aromatic N) is 1. The predicted molar refractivity (Wildman–Crippen MR) is 117 cm³/mol. The van der Waals surface area contributed by atoms with Gasteiger partial charge in [0.05, 0.1) is 0 Å². The molecule has 0 fully saturated rings. The van der Waals surface area contributed by atoms with Gasteiger partial charge in [0.2, 0.25) is 0 Å². The van der Waals surface area contributed by atoms with E-state index in [1.807, 2.05) is 62.6 Å². The Morgan fingerprint density at radius 2 is 1.31 bits per heavy atom. The summed E-state index contributed by atoms with van der Waals surface area (Å²) in [7, 11) is 3.68. The third-order valence-electron chi connectivity index (χ3n) is 4.31. The summed E-state index contributed by atoms with van der Waals surface area (Å²) in [4.78, 5) is 1.73. The summed E-state index contributed by atoms with van der Waals surface area (Å²) in [6.45, 7) is -2.64. The van der Waals surface area contributed by atoms with Gasteiger partial charge in [-0.25, -0.2) is 0 Å². The van der Waals surface area contributed by atoms with E-state index in [4.69, 9.17) is 16.7 Å². The molecule has 3 nitrogen and oxygen atoms in total. The Morgan fingerprint density at radius 3 is 1.81 bits per heavy atom. The topological polar surface area (TPSA) is 39.1 Å². The molecule has 0 aromatic heterocycles. The van der Waals surface area contributed by atoms with Gasteiger partial charge in [0.15, 0.2) is 0 Å². The van der Waals surface area contributed by atoms with Crippen LogP contribution >= 0.6 is 17.9 Å². The monoisotopic (exact) mass is 383 g/mol. The van der Waals surface area contributed by atoms with Crippen LogP contribution in [0.4, 0.5) is 5.69 Å². The predicted octanol–water partition coefficient (Wildman–Crippen LogP) is 3.77. The van der Waals surface area contributed by atoms with Crippen LogP contribution in [0.2, 0.25) is 0 Å². The number of hydrogen-bond donors (Lipinski definition) is 2. The van der Waals surface area contributed by atoms with Crippen LogP contribution < -0.4 is 21.2 Å². The number of nitrogens with one attached hydrogen (secondary N) is 2. The summed E-state index contributed by atoms with van der Waals surface area (Å²) in [6.07, 6.45) is 0. The first kappa shape index (κ1) is 18.4. The number of halogens is 1. The molecular weight excluding hydrogens is 361 g/mol. The van der Waals surface area contributed by atoms with Crippen molar-refractivity contribution >= 4 is 45.4 Å². The molecule has 3 aromatic rings. The van der Waals surface area contributed by atoms with E-state index < -0.39 is 6.62 Å². The quantitative estimate of drug-likeness (QED) is 0.409. The maximum atomic E-state index is 8.03. The average Bonchev–Trinajstić information content (AvgIpc) is 2.69. The molecule has 3 aromatic carbocycles. The van der Waals surface area contributed by atoms with Crippen LogP contribution in [0.1, 0.15) is 0 Å². The van der Waals surface area contributed by atoms with Crippen molar-refractivity contribution in [1.82, 2.24) is 4.90 Å². The fraction of sp³-hybridized carbons (Fsp3) is 0.0952. The molecule has 0 aliphatic heterocycles. The number of benzene rings is 3. The van der Waals surface area contributed by atoms with Gasteiger partial charge >= 0.3 is 160 Å². The van der Waals surface area contributed by atoms with E-state index in [1.54, 1.807) is 4.90 Å². The van der Waals surface area contributed by atoms with E-state index in [0.29, 0.717) is 5.96 Å². The SMILES string of the molecule is CN(C)C(=N)Nc1cccc([PH](Cl)(c2ccccc2)c2ccccc2)c1. The van der Waals surface area contributed by atoms with E-state index in [9.17, 15) is 0 Å². The average molecular weight is 384 g/mol. The van der Waals surface area contributed by atoms with Gasteiger partial charge in [-0.3, -0.25) is 0 Å². The number of hydrogen-bond acceptors (Lipinski definition) is 1. The van der Waals surface area contributed by atoms with Crippen molar-refractivity contribution in [1.29, 1.82) is 5.41 Å². The Labute approximate surface area is 160 Å². The molecule has 0 spiro atoms. The second-order valence-corrected chi connectivity index (χ2v) is 11.1. The van der Waals surface area contributed by atoms with Gasteiger partial charge in [-0.2, -0.15) is 0 Å². The molecule has 0 bridgehead atoms. The molecule has 0 radical (unpaired) electrons. The second-order valence-electron chi connectivity index (χ2n) is 6.34. The van der Waals surface area contributed by atoms with Crippen molar-refractivity contribution < 1.29 is 0 Å². The molecular formula is C21H23ClN3P. The molecule has 0 saturated heterocycles. The zero-order valence-corrected chi connectivity index (χ0v) is 16.7. The molecule has 0 atom stereocenters. The van der Waals surface area contributed by atoms with Gasteiger partial charge < -0.3 is 0 Å².